The number of carbonyl (C=O) groups excluding carboxylic acids is 3. The molecular weight excluding hydrogens is 338 g/mol. The molecule has 1 atom stereocenters. The van der Waals surface area contributed by atoms with Crippen LogP contribution in [0.1, 0.15) is 40.5 Å². The Labute approximate surface area is 143 Å². The first kappa shape index (κ1) is 22.7. The van der Waals surface area contributed by atoms with Gasteiger partial charge in [-0.3, -0.25) is 18.9 Å². The fourth-order valence-electron chi connectivity index (χ4n) is 1.80. The van der Waals surface area contributed by atoms with Gasteiger partial charge in [-0.15, -0.1) is 0 Å². The average molecular weight is 365 g/mol. The molecule has 2 N–H and O–H groups in total. The predicted molar refractivity (Wildman–Crippen MR) is 88.1 cm³/mol. The van der Waals surface area contributed by atoms with Crippen LogP contribution < -0.4 is 5.32 Å². The summed E-state index contributed by atoms with van der Waals surface area (Å²) in [6.45, 7) is 6.96. The quantitative estimate of drug-likeness (QED) is 0.383. The molecule has 0 rings (SSSR count). The maximum atomic E-state index is 11.9. The molecule has 0 spiro atoms. The summed E-state index contributed by atoms with van der Waals surface area (Å²) in [5.41, 5.74) is 0. The lowest BCUT2D eigenvalue weighted by molar-refractivity contribution is -0.129. The molecule has 9 heteroatoms. The van der Waals surface area contributed by atoms with Gasteiger partial charge in [0.1, 0.15) is 17.6 Å². The Hall–Kier alpha value is -1.32. The standard InChI is InChI=1S/C15H27NO7S/c1-10(2)13(17)5-7-23-8-6-14(18)16-12(9-24(20,21)22)15(19)11(3)4/h10-12H,5-9H2,1-4H3,(H,16,18)(H,20,21,22)/t12-/m0/s1. The van der Waals surface area contributed by atoms with Gasteiger partial charge in [-0.2, -0.15) is 8.42 Å². The molecule has 8 nitrogen and oxygen atoms in total. The summed E-state index contributed by atoms with van der Waals surface area (Å²) in [7, 11) is -4.40. The highest BCUT2D eigenvalue weighted by Crippen LogP contribution is 2.04. The highest BCUT2D eigenvalue weighted by Gasteiger charge is 2.27. The third-order valence-corrected chi connectivity index (χ3v) is 3.99. The molecule has 0 bridgehead atoms. The normalized spacial score (nSPS) is 13.1. The van der Waals surface area contributed by atoms with E-state index in [1.54, 1.807) is 27.7 Å². The Morgan fingerprint density at radius 1 is 1.00 bits per heavy atom. The second-order valence-electron chi connectivity index (χ2n) is 6.16. The number of hydrogen-bond acceptors (Lipinski definition) is 6. The number of rotatable bonds is 12. The van der Waals surface area contributed by atoms with Crippen LogP contribution in [0.15, 0.2) is 0 Å². The lowest BCUT2D eigenvalue weighted by Gasteiger charge is -2.18. The summed E-state index contributed by atoms with van der Waals surface area (Å²) in [5, 5.41) is 2.30. The second kappa shape index (κ2) is 10.5. The van der Waals surface area contributed by atoms with E-state index in [1.165, 1.54) is 0 Å². The van der Waals surface area contributed by atoms with Crippen molar-refractivity contribution >= 4 is 27.6 Å². The number of nitrogens with one attached hydrogen (secondary N) is 1. The smallest absolute Gasteiger partial charge is 0.267 e. The van der Waals surface area contributed by atoms with Gasteiger partial charge in [0.15, 0.2) is 5.78 Å². The van der Waals surface area contributed by atoms with Gasteiger partial charge >= 0.3 is 0 Å². The highest BCUT2D eigenvalue weighted by molar-refractivity contribution is 7.85. The van der Waals surface area contributed by atoms with Gasteiger partial charge in [-0.25, -0.2) is 0 Å². The molecule has 0 fully saturated rings. The van der Waals surface area contributed by atoms with E-state index in [4.69, 9.17) is 9.29 Å². The molecular formula is C15H27NO7S. The lowest BCUT2D eigenvalue weighted by atomic mass is 10.0. The van der Waals surface area contributed by atoms with E-state index in [1.807, 2.05) is 0 Å². The molecule has 0 radical (unpaired) electrons. The Morgan fingerprint density at radius 3 is 2.00 bits per heavy atom. The molecule has 0 aromatic carbocycles. The first-order valence-corrected chi connectivity index (χ1v) is 9.43. The van der Waals surface area contributed by atoms with Crippen molar-refractivity contribution in [1.29, 1.82) is 0 Å². The zero-order valence-corrected chi connectivity index (χ0v) is 15.4. The lowest BCUT2D eigenvalue weighted by Crippen LogP contribution is -2.47. The van der Waals surface area contributed by atoms with E-state index in [-0.39, 0.29) is 37.8 Å². The van der Waals surface area contributed by atoms with Crippen molar-refractivity contribution in [3.05, 3.63) is 0 Å². The number of amides is 1. The van der Waals surface area contributed by atoms with Crippen molar-refractivity contribution in [2.24, 2.45) is 11.8 Å². The van der Waals surface area contributed by atoms with Crippen LogP contribution in [0.2, 0.25) is 0 Å². The average Bonchev–Trinajstić information content (AvgIpc) is 2.43. The van der Waals surface area contributed by atoms with Crippen LogP contribution in [0.3, 0.4) is 0 Å². The van der Waals surface area contributed by atoms with Crippen molar-refractivity contribution in [2.45, 2.75) is 46.6 Å². The largest absolute Gasteiger partial charge is 0.380 e. The number of ketones is 2. The van der Waals surface area contributed by atoms with Crippen molar-refractivity contribution < 1.29 is 32.1 Å². The van der Waals surface area contributed by atoms with Gasteiger partial charge < -0.3 is 10.1 Å². The molecule has 0 aromatic rings. The first-order chi connectivity index (χ1) is 10.9. The van der Waals surface area contributed by atoms with Gasteiger partial charge in [-0.1, -0.05) is 27.7 Å². The third-order valence-electron chi connectivity index (χ3n) is 3.24. The topological polar surface area (TPSA) is 127 Å². The maximum Gasteiger partial charge on any atom is 0.267 e. The number of Topliss-reactive ketones (excluding diaryl/α,β-unsaturated/α-hetero) is 2. The van der Waals surface area contributed by atoms with Crippen LogP contribution in [0.4, 0.5) is 0 Å². The Bertz CT molecular complexity index is 540. The van der Waals surface area contributed by atoms with E-state index >= 15 is 0 Å². The predicted octanol–water partition coefficient (Wildman–Crippen LogP) is 0.606. The number of ether oxygens (including phenoxy) is 1. The molecule has 0 aliphatic carbocycles. The van der Waals surface area contributed by atoms with Gasteiger partial charge in [0, 0.05) is 24.7 Å². The third kappa shape index (κ3) is 10.5. The van der Waals surface area contributed by atoms with E-state index in [0.29, 0.717) is 0 Å². The minimum atomic E-state index is -4.40. The molecule has 0 aliphatic rings. The van der Waals surface area contributed by atoms with E-state index < -0.39 is 39.5 Å². The summed E-state index contributed by atoms with van der Waals surface area (Å²) in [5.74, 6) is -2.40. The number of hydrogen-bond donors (Lipinski definition) is 2. The molecule has 0 unspecified atom stereocenters. The molecule has 24 heavy (non-hydrogen) atoms. The van der Waals surface area contributed by atoms with E-state index in [2.05, 4.69) is 5.32 Å². The second-order valence-corrected chi connectivity index (χ2v) is 7.66. The molecule has 0 heterocycles. The molecule has 1 amide bonds. The van der Waals surface area contributed by atoms with Gasteiger partial charge in [0.2, 0.25) is 5.91 Å². The van der Waals surface area contributed by atoms with Crippen molar-refractivity contribution in [1.82, 2.24) is 5.32 Å². The SMILES string of the molecule is CC(C)C(=O)CCOCCC(=O)N[C@@H](CS(=O)(=O)O)C(=O)C(C)C. The van der Waals surface area contributed by atoms with E-state index in [9.17, 15) is 22.8 Å². The highest BCUT2D eigenvalue weighted by atomic mass is 32.2. The monoisotopic (exact) mass is 365 g/mol. The Balaban J connectivity index is 4.33. The number of carbonyl (C=O) groups is 3. The molecule has 0 saturated heterocycles. The van der Waals surface area contributed by atoms with Crippen LogP contribution >= 0.6 is 0 Å². The maximum absolute atomic E-state index is 11.9. The molecule has 140 valence electrons. The minimum absolute atomic E-state index is 0.0473. The summed E-state index contributed by atoms with van der Waals surface area (Å²) < 4.78 is 36.0. The van der Waals surface area contributed by atoms with Crippen molar-refractivity contribution in [3.8, 4) is 0 Å². The van der Waals surface area contributed by atoms with E-state index in [0.717, 1.165) is 0 Å². The van der Waals surface area contributed by atoms with Crippen LogP contribution in [-0.2, 0) is 29.2 Å². The Morgan fingerprint density at radius 2 is 1.54 bits per heavy atom. The fraction of sp³-hybridized carbons (Fsp3) is 0.800. The summed E-state index contributed by atoms with van der Waals surface area (Å²) in [4.78, 5) is 35.1. The van der Waals surface area contributed by atoms with Crippen molar-refractivity contribution in [3.63, 3.8) is 0 Å². The zero-order valence-electron chi connectivity index (χ0n) is 14.6. The van der Waals surface area contributed by atoms with Crippen LogP contribution in [-0.4, -0.2) is 55.5 Å². The summed E-state index contributed by atoms with van der Waals surface area (Å²) in [6.07, 6.45) is 0.180. The van der Waals surface area contributed by atoms with Gasteiger partial charge in [0.25, 0.3) is 10.1 Å². The molecule has 0 aromatic heterocycles. The molecule has 0 aliphatic heterocycles. The first-order valence-electron chi connectivity index (χ1n) is 7.82. The summed E-state index contributed by atoms with van der Waals surface area (Å²) in [6, 6.07) is -1.30. The summed E-state index contributed by atoms with van der Waals surface area (Å²) >= 11 is 0. The molecule has 0 saturated carbocycles. The fourth-order valence-corrected chi connectivity index (χ4v) is 2.47. The van der Waals surface area contributed by atoms with Gasteiger partial charge in [0.05, 0.1) is 13.2 Å². The Kier molecular flexibility index (Phi) is 9.95. The van der Waals surface area contributed by atoms with Crippen LogP contribution in [0.5, 0.6) is 0 Å². The van der Waals surface area contributed by atoms with Crippen molar-refractivity contribution in [2.75, 3.05) is 19.0 Å². The minimum Gasteiger partial charge on any atom is -0.380 e. The van der Waals surface area contributed by atoms with Crippen LogP contribution in [0.25, 0.3) is 0 Å². The zero-order chi connectivity index (χ0) is 18.9. The van der Waals surface area contributed by atoms with Gasteiger partial charge in [-0.05, 0) is 0 Å². The van der Waals surface area contributed by atoms with Crippen LogP contribution in [0, 0.1) is 11.8 Å².